The topological polar surface area (TPSA) is 54.3 Å². The van der Waals surface area contributed by atoms with Crippen LogP contribution in [-0.4, -0.2) is 45.0 Å². The molecule has 0 unspecified atom stereocenters. The van der Waals surface area contributed by atoms with Crippen molar-refractivity contribution >= 4 is 11.6 Å². The van der Waals surface area contributed by atoms with Gasteiger partial charge in [0.1, 0.15) is 5.54 Å². The molecule has 3 aromatic rings. The Labute approximate surface area is 183 Å². The Kier molecular flexibility index (Phi) is 5.00. The lowest BCUT2D eigenvalue weighted by molar-refractivity contribution is -0.129. The molecular formula is C25H29N5O. The molecule has 0 saturated carbocycles. The number of carbonyl (C=O) groups is 1. The highest BCUT2D eigenvalue weighted by molar-refractivity contribution is 5.79. The van der Waals surface area contributed by atoms with Gasteiger partial charge in [0.2, 0.25) is 5.91 Å². The first kappa shape index (κ1) is 19.8. The summed E-state index contributed by atoms with van der Waals surface area (Å²) in [6.07, 6.45) is 8.07. The van der Waals surface area contributed by atoms with Gasteiger partial charge in [0.15, 0.2) is 5.82 Å². The Morgan fingerprint density at radius 3 is 2.77 bits per heavy atom. The minimum Gasteiger partial charge on any atom is -0.355 e. The number of anilines is 1. The molecule has 5 rings (SSSR count). The lowest BCUT2D eigenvalue weighted by Crippen LogP contribution is -2.53. The molecule has 0 bridgehead atoms. The monoisotopic (exact) mass is 415 g/mol. The fourth-order valence-electron chi connectivity index (χ4n) is 5.03. The third-order valence-electron chi connectivity index (χ3n) is 6.62. The first-order chi connectivity index (χ1) is 15.1. The number of pyridine rings is 2. The molecule has 1 amide bonds. The van der Waals surface area contributed by atoms with Gasteiger partial charge in [0.25, 0.3) is 0 Å². The molecular weight excluding hydrogens is 386 g/mol. The van der Waals surface area contributed by atoms with Crippen LogP contribution in [0.2, 0.25) is 0 Å². The molecule has 160 valence electrons. The lowest BCUT2D eigenvalue weighted by atomic mass is 9.88. The third-order valence-corrected chi connectivity index (χ3v) is 6.62. The summed E-state index contributed by atoms with van der Waals surface area (Å²) in [5.41, 5.74) is 2.99. The largest absolute Gasteiger partial charge is 0.355 e. The smallest absolute Gasteiger partial charge is 0.228 e. The number of aromatic nitrogens is 3. The van der Waals surface area contributed by atoms with Crippen molar-refractivity contribution in [2.45, 2.75) is 38.6 Å². The highest BCUT2D eigenvalue weighted by atomic mass is 16.2. The number of amides is 1. The number of likely N-dealkylation sites (tertiary alicyclic amines) is 1. The highest BCUT2D eigenvalue weighted by Gasteiger charge is 2.50. The van der Waals surface area contributed by atoms with E-state index in [4.69, 9.17) is 4.98 Å². The van der Waals surface area contributed by atoms with Crippen LogP contribution in [0.15, 0.2) is 61.1 Å². The van der Waals surface area contributed by atoms with Gasteiger partial charge in [-0.25, -0.2) is 4.98 Å². The number of carbonyl (C=O) groups excluding carboxylic acids is 1. The van der Waals surface area contributed by atoms with Crippen molar-refractivity contribution in [3.63, 3.8) is 0 Å². The van der Waals surface area contributed by atoms with E-state index in [0.29, 0.717) is 18.9 Å². The summed E-state index contributed by atoms with van der Waals surface area (Å²) in [6, 6.07) is 14.2. The molecule has 3 aromatic heterocycles. The van der Waals surface area contributed by atoms with Crippen molar-refractivity contribution in [3.05, 3.63) is 72.4 Å². The van der Waals surface area contributed by atoms with Crippen molar-refractivity contribution in [3.8, 4) is 5.82 Å². The molecule has 6 nitrogen and oxygen atoms in total. The number of rotatable bonds is 5. The second-order valence-electron chi connectivity index (χ2n) is 9.04. The SMILES string of the molecule is CC(C)CCN1c2cccnc2-n2cccc2[C@@]12CCN(C(=O)Cc1ccccn1)C2. The van der Waals surface area contributed by atoms with E-state index in [-0.39, 0.29) is 11.4 Å². The average molecular weight is 416 g/mol. The number of hydrogen-bond acceptors (Lipinski definition) is 4. The summed E-state index contributed by atoms with van der Waals surface area (Å²) in [5, 5.41) is 0. The minimum absolute atomic E-state index is 0.148. The highest BCUT2D eigenvalue weighted by Crippen LogP contribution is 2.47. The van der Waals surface area contributed by atoms with Gasteiger partial charge in [-0.15, -0.1) is 0 Å². The van der Waals surface area contributed by atoms with Crippen LogP contribution in [0, 0.1) is 5.92 Å². The number of fused-ring (bicyclic) bond motifs is 4. The zero-order valence-electron chi connectivity index (χ0n) is 18.2. The minimum atomic E-state index is -0.228. The van der Waals surface area contributed by atoms with Crippen LogP contribution in [0.3, 0.4) is 0 Å². The van der Waals surface area contributed by atoms with Gasteiger partial charge < -0.3 is 14.4 Å². The molecule has 1 saturated heterocycles. The molecule has 0 N–H and O–H groups in total. The van der Waals surface area contributed by atoms with E-state index in [2.05, 4.69) is 52.7 Å². The van der Waals surface area contributed by atoms with Crippen LogP contribution < -0.4 is 4.90 Å². The van der Waals surface area contributed by atoms with Crippen LogP contribution in [0.4, 0.5) is 5.69 Å². The fraction of sp³-hybridized carbons (Fsp3) is 0.400. The van der Waals surface area contributed by atoms with Crippen LogP contribution in [0.1, 0.15) is 38.1 Å². The van der Waals surface area contributed by atoms with Gasteiger partial charge in [-0.05, 0) is 55.2 Å². The molecule has 1 fully saturated rings. The maximum Gasteiger partial charge on any atom is 0.228 e. The van der Waals surface area contributed by atoms with Crippen molar-refractivity contribution in [2.24, 2.45) is 5.92 Å². The van der Waals surface area contributed by atoms with E-state index in [1.165, 1.54) is 5.69 Å². The maximum absolute atomic E-state index is 13.2. The zero-order chi connectivity index (χ0) is 21.4. The van der Waals surface area contributed by atoms with Crippen molar-refractivity contribution in [1.82, 2.24) is 19.4 Å². The molecule has 5 heterocycles. The van der Waals surface area contributed by atoms with Crippen LogP contribution >= 0.6 is 0 Å². The van der Waals surface area contributed by atoms with Gasteiger partial charge in [-0.2, -0.15) is 0 Å². The molecule has 1 spiro atoms. The zero-order valence-corrected chi connectivity index (χ0v) is 18.2. The predicted octanol–water partition coefficient (Wildman–Crippen LogP) is 3.80. The van der Waals surface area contributed by atoms with Gasteiger partial charge in [-0.3, -0.25) is 9.78 Å². The van der Waals surface area contributed by atoms with E-state index >= 15 is 0 Å². The summed E-state index contributed by atoms with van der Waals surface area (Å²) in [6.45, 7) is 6.92. The van der Waals surface area contributed by atoms with Gasteiger partial charge in [0, 0.05) is 43.9 Å². The first-order valence-electron chi connectivity index (χ1n) is 11.2. The van der Waals surface area contributed by atoms with Crippen LogP contribution in [0.5, 0.6) is 0 Å². The van der Waals surface area contributed by atoms with E-state index < -0.39 is 0 Å². The number of nitrogens with zero attached hydrogens (tertiary/aromatic N) is 5. The van der Waals surface area contributed by atoms with Crippen molar-refractivity contribution in [2.75, 3.05) is 24.5 Å². The molecule has 2 aliphatic heterocycles. The molecule has 6 heteroatoms. The Bertz CT molecular complexity index is 1080. The van der Waals surface area contributed by atoms with Gasteiger partial charge >= 0.3 is 0 Å². The lowest BCUT2D eigenvalue weighted by Gasteiger charge is -2.47. The third kappa shape index (κ3) is 3.40. The van der Waals surface area contributed by atoms with E-state index in [0.717, 1.165) is 43.1 Å². The second-order valence-corrected chi connectivity index (χ2v) is 9.04. The number of hydrogen-bond donors (Lipinski definition) is 0. The van der Waals surface area contributed by atoms with Crippen LogP contribution in [-0.2, 0) is 16.8 Å². The molecule has 0 radical (unpaired) electrons. The molecule has 31 heavy (non-hydrogen) atoms. The quantitative estimate of drug-likeness (QED) is 0.636. The van der Waals surface area contributed by atoms with Crippen molar-refractivity contribution in [1.29, 1.82) is 0 Å². The standard InChI is InChI=1S/C25H29N5O/c1-19(2)10-15-30-21-8-5-13-27-24(21)29-14-6-9-22(29)25(30)11-16-28(18-25)23(31)17-20-7-3-4-12-26-20/h3-9,12-14,19H,10-11,15-18H2,1-2H3/t25-/m0/s1. The maximum atomic E-state index is 13.2. The molecule has 0 aromatic carbocycles. The Morgan fingerprint density at radius 1 is 1.10 bits per heavy atom. The fourth-order valence-corrected chi connectivity index (χ4v) is 5.03. The summed E-state index contributed by atoms with van der Waals surface area (Å²) in [7, 11) is 0. The normalized spacial score (nSPS) is 19.7. The Morgan fingerprint density at radius 2 is 1.97 bits per heavy atom. The van der Waals surface area contributed by atoms with Crippen LogP contribution in [0.25, 0.3) is 5.82 Å². The summed E-state index contributed by atoms with van der Waals surface area (Å²) >= 11 is 0. The summed E-state index contributed by atoms with van der Waals surface area (Å²) < 4.78 is 2.22. The van der Waals surface area contributed by atoms with E-state index in [9.17, 15) is 4.79 Å². The Hall–Kier alpha value is -3.15. The van der Waals surface area contributed by atoms with Gasteiger partial charge in [0.05, 0.1) is 17.8 Å². The Balaban J connectivity index is 1.50. The van der Waals surface area contributed by atoms with Gasteiger partial charge in [-0.1, -0.05) is 19.9 Å². The first-order valence-corrected chi connectivity index (χ1v) is 11.2. The summed E-state index contributed by atoms with van der Waals surface area (Å²) in [5.74, 6) is 1.73. The summed E-state index contributed by atoms with van der Waals surface area (Å²) in [4.78, 5) is 26.8. The molecule has 0 aliphatic carbocycles. The second kappa shape index (κ2) is 7.84. The van der Waals surface area contributed by atoms with E-state index in [1.807, 2.05) is 35.4 Å². The molecule has 1 atom stereocenters. The average Bonchev–Trinajstić information content (AvgIpc) is 3.43. The van der Waals surface area contributed by atoms with Crippen molar-refractivity contribution < 1.29 is 4.79 Å². The predicted molar refractivity (Wildman–Crippen MR) is 121 cm³/mol. The van der Waals surface area contributed by atoms with E-state index in [1.54, 1.807) is 6.20 Å². The molecule has 2 aliphatic rings.